The number of likely N-dealkylation sites (tertiary alicyclic amines) is 1. The van der Waals surface area contributed by atoms with E-state index in [2.05, 4.69) is 0 Å². The molecule has 1 unspecified atom stereocenters. The number of carbonyl (C=O) groups excluding carboxylic acids is 1. The number of fused-ring (bicyclic) bond motifs is 1. The molecule has 0 aliphatic carbocycles. The summed E-state index contributed by atoms with van der Waals surface area (Å²) < 4.78 is 33.3. The van der Waals surface area contributed by atoms with Crippen LogP contribution >= 0.6 is 10.7 Å². The van der Waals surface area contributed by atoms with Crippen molar-refractivity contribution in [2.45, 2.75) is 18.1 Å². The van der Waals surface area contributed by atoms with Crippen molar-refractivity contribution in [3.8, 4) is 11.5 Å². The van der Waals surface area contributed by atoms with E-state index in [0.717, 1.165) is 5.56 Å². The lowest BCUT2D eigenvalue weighted by atomic mass is 10.1. The number of carbonyl (C=O) groups is 1. The number of para-hydroxylation sites is 1. The van der Waals surface area contributed by atoms with Gasteiger partial charge in [-0.1, -0.05) is 12.1 Å². The molecule has 0 radical (unpaired) electrons. The summed E-state index contributed by atoms with van der Waals surface area (Å²) in [6.07, 6.45) is 0.533. The van der Waals surface area contributed by atoms with E-state index in [4.69, 9.17) is 20.2 Å². The second kappa shape index (κ2) is 5.38. The van der Waals surface area contributed by atoms with E-state index in [-0.39, 0.29) is 25.7 Å². The number of benzene rings is 1. The van der Waals surface area contributed by atoms with Crippen LogP contribution in [0.1, 0.15) is 12.0 Å². The molecule has 1 aromatic carbocycles. The predicted molar refractivity (Wildman–Crippen MR) is 76.0 cm³/mol. The summed E-state index contributed by atoms with van der Waals surface area (Å²) >= 11 is 0. The molecular weight excluding hydrogens is 318 g/mol. The van der Waals surface area contributed by atoms with Crippen LogP contribution in [-0.2, 0) is 20.3 Å². The van der Waals surface area contributed by atoms with Gasteiger partial charge in [-0.05, 0) is 18.1 Å². The Hall–Kier alpha value is -1.47. The smallest absolute Gasteiger partial charge is 0.237 e. The molecule has 2 aliphatic heterocycles. The number of hydrogen-bond acceptors (Lipinski definition) is 5. The van der Waals surface area contributed by atoms with Gasteiger partial charge in [-0.3, -0.25) is 4.79 Å². The summed E-state index contributed by atoms with van der Waals surface area (Å²) in [4.78, 5) is 13.4. The quantitative estimate of drug-likeness (QED) is 0.773. The number of nitrogens with zero attached hydrogens (tertiary/aromatic N) is 1. The lowest BCUT2D eigenvalue weighted by Gasteiger charge is -2.16. The average molecular weight is 332 g/mol. The van der Waals surface area contributed by atoms with Crippen LogP contribution in [0.15, 0.2) is 18.2 Å². The molecule has 2 heterocycles. The molecule has 8 heteroatoms. The van der Waals surface area contributed by atoms with E-state index in [1.54, 1.807) is 0 Å². The molecular formula is C13H14ClNO5S. The molecule has 2 aliphatic rings. The van der Waals surface area contributed by atoms with Crippen LogP contribution in [-0.4, -0.2) is 44.4 Å². The maximum atomic E-state index is 11.8. The van der Waals surface area contributed by atoms with E-state index in [1.807, 2.05) is 18.2 Å². The van der Waals surface area contributed by atoms with E-state index in [1.165, 1.54) is 4.90 Å². The van der Waals surface area contributed by atoms with Crippen LogP contribution in [0.3, 0.4) is 0 Å². The third-order valence-electron chi connectivity index (χ3n) is 3.71. The van der Waals surface area contributed by atoms with Gasteiger partial charge in [0.15, 0.2) is 11.5 Å². The minimum Gasteiger partial charge on any atom is -0.454 e. The van der Waals surface area contributed by atoms with Crippen molar-refractivity contribution in [2.24, 2.45) is 0 Å². The first kappa shape index (κ1) is 14.5. The zero-order chi connectivity index (χ0) is 15.0. The van der Waals surface area contributed by atoms with Gasteiger partial charge in [0.1, 0.15) is 5.25 Å². The standard InChI is InChI=1S/C13H14ClNO5S/c14-21(17,18)10-6-12(16)15(7-10)5-4-9-2-1-3-11-13(9)20-8-19-11/h1-3,10H,4-8H2. The first-order valence-corrected chi connectivity index (χ1v) is 8.91. The second-order valence-electron chi connectivity index (χ2n) is 5.04. The van der Waals surface area contributed by atoms with Crippen LogP contribution in [0.5, 0.6) is 11.5 Å². The van der Waals surface area contributed by atoms with Crippen LogP contribution < -0.4 is 9.47 Å². The first-order valence-electron chi connectivity index (χ1n) is 6.54. The van der Waals surface area contributed by atoms with Crippen molar-refractivity contribution in [1.82, 2.24) is 4.90 Å². The third-order valence-corrected chi connectivity index (χ3v) is 5.57. The molecule has 1 fully saturated rings. The lowest BCUT2D eigenvalue weighted by Crippen LogP contribution is -2.29. The molecule has 3 rings (SSSR count). The molecule has 0 saturated carbocycles. The highest BCUT2D eigenvalue weighted by Gasteiger charge is 2.37. The minimum absolute atomic E-state index is 0.0433. The number of rotatable bonds is 4. The van der Waals surface area contributed by atoms with Gasteiger partial charge in [0.05, 0.1) is 0 Å². The maximum Gasteiger partial charge on any atom is 0.237 e. The fraction of sp³-hybridized carbons (Fsp3) is 0.462. The topological polar surface area (TPSA) is 72.9 Å². The third kappa shape index (κ3) is 2.94. The van der Waals surface area contributed by atoms with Crippen LogP contribution in [0.25, 0.3) is 0 Å². The zero-order valence-corrected chi connectivity index (χ0v) is 12.7. The van der Waals surface area contributed by atoms with Gasteiger partial charge < -0.3 is 14.4 Å². The summed E-state index contributed by atoms with van der Waals surface area (Å²) in [5.41, 5.74) is 0.940. The average Bonchev–Trinajstić information content (AvgIpc) is 3.02. The molecule has 0 aromatic heterocycles. The van der Waals surface area contributed by atoms with Gasteiger partial charge in [-0.25, -0.2) is 8.42 Å². The SMILES string of the molecule is O=C1CC(S(=O)(=O)Cl)CN1CCc1cccc2c1OCO2. The van der Waals surface area contributed by atoms with Gasteiger partial charge in [0.2, 0.25) is 21.8 Å². The van der Waals surface area contributed by atoms with Gasteiger partial charge in [0, 0.05) is 30.2 Å². The highest BCUT2D eigenvalue weighted by molar-refractivity contribution is 8.14. The summed E-state index contributed by atoms with van der Waals surface area (Å²) in [6, 6.07) is 5.59. The normalized spacial score (nSPS) is 21.1. The summed E-state index contributed by atoms with van der Waals surface area (Å²) in [5.74, 6) is 1.21. The van der Waals surface area contributed by atoms with Crippen molar-refractivity contribution in [2.75, 3.05) is 19.9 Å². The Kier molecular flexibility index (Phi) is 3.71. The molecule has 1 amide bonds. The Morgan fingerprint density at radius 2 is 2.14 bits per heavy atom. The molecule has 6 nitrogen and oxygen atoms in total. The zero-order valence-electron chi connectivity index (χ0n) is 11.1. The number of amides is 1. The molecule has 0 N–H and O–H groups in total. The molecule has 21 heavy (non-hydrogen) atoms. The highest BCUT2D eigenvalue weighted by Crippen LogP contribution is 2.35. The van der Waals surface area contributed by atoms with Crippen molar-refractivity contribution in [3.63, 3.8) is 0 Å². The fourth-order valence-corrected chi connectivity index (χ4v) is 3.64. The number of ether oxygens (including phenoxy) is 2. The Morgan fingerprint density at radius 3 is 2.86 bits per heavy atom. The second-order valence-corrected chi connectivity index (χ2v) is 7.95. The molecule has 0 spiro atoms. The highest BCUT2D eigenvalue weighted by atomic mass is 35.7. The molecule has 1 aromatic rings. The molecule has 0 bridgehead atoms. The minimum atomic E-state index is -3.70. The lowest BCUT2D eigenvalue weighted by molar-refractivity contribution is -0.127. The Balaban J connectivity index is 1.66. The summed E-state index contributed by atoms with van der Waals surface area (Å²) in [7, 11) is 1.62. The summed E-state index contributed by atoms with van der Waals surface area (Å²) in [6.45, 7) is 0.778. The Bertz CT molecular complexity index is 675. The largest absolute Gasteiger partial charge is 0.454 e. The van der Waals surface area contributed by atoms with Gasteiger partial charge >= 0.3 is 0 Å². The van der Waals surface area contributed by atoms with Crippen LogP contribution in [0.2, 0.25) is 0 Å². The summed E-state index contributed by atoms with van der Waals surface area (Å²) in [5, 5.41) is -0.812. The van der Waals surface area contributed by atoms with Crippen molar-refractivity contribution in [3.05, 3.63) is 23.8 Å². The molecule has 1 saturated heterocycles. The van der Waals surface area contributed by atoms with Crippen molar-refractivity contribution in [1.29, 1.82) is 0 Å². The van der Waals surface area contributed by atoms with E-state index >= 15 is 0 Å². The van der Waals surface area contributed by atoms with E-state index < -0.39 is 14.3 Å². The van der Waals surface area contributed by atoms with E-state index in [9.17, 15) is 13.2 Å². The van der Waals surface area contributed by atoms with Crippen LogP contribution in [0, 0.1) is 0 Å². The Morgan fingerprint density at radius 1 is 1.33 bits per heavy atom. The van der Waals surface area contributed by atoms with Crippen LogP contribution in [0.4, 0.5) is 0 Å². The molecule has 1 atom stereocenters. The molecule has 114 valence electrons. The first-order chi connectivity index (χ1) is 9.95. The predicted octanol–water partition coefficient (Wildman–Crippen LogP) is 1.13. The number of hydrogen-bond donors (Lipinski definition) is 0. The number of halogens is 1. The maximum absolute atomic E-state index is 11.8. The van der Waals surface area contributed by atoms with Crippen molar-refractivity contribution < 1.29 is 22.7 Å². The van der Waals surface area contributed by atoms with Crippen molar-refractivity contribution >= 4 is 25.6 Å². The van der Waals surface area contributed by atoms with Gasteiger partial charge in [-0.2, -0.15) is 0 Å². The van der Waals surface area contributed by atoms with Gasteiger partial charge in [0.25, 0.3) is 0 Å². The van der Waals surface area contributed by atoms with Gasteiger partial charge in [-0.15, -0.1) is 0 Å². The van der Waals surface area contributed by atoms with E-state index in [0.29, 0.717) is 24.5 Å². The monoisotopic (exact) mass is 331 g/mol. The Labute approximate surface area is 127 Å². The fourth-order valence-electron chi connectivity index (χ4n) is 2.58.